The van der Waals surface area contributed by atoms with Crippen LogP contribution in [0.3, 0.4) is 0 Å². The van der Waals surface area contributed by atoms with Crippen molar-refractivity contribution in [2.24, 2.45) is 5.73 Å². The molecule has 94 valence electrons. The molecule has 2 N–H and O–H groups in total. The second-order valence-corrected chi connectivity index (χ2v) is 4.96. The lowest BCUT2D eigenvalue weighted by Crippen LogP contribution is -2.16. The van der Waals surface area contributed by atoms with Crippen molar-refractivity contribution in [2.75, 3.05) is 6.61 Å². The van der Waals surface area contributed by atoms with Gasteiger partial charge in [-0.25, -0.2) is 0 Å². The molecule has 0 aliphatic heterocycles. The number of thiophene rings is 1. The van der Waals surface area contributed by atoms with Gasteiger partial charge >= 0.3 is 0 Å². The normalized spacial score (nSPS) is 12.1. The van der Waals surface area contributed by atoms with E-state index in [-0.39, 0.29) is 12.6 Å². The summed E-state index contributed by atoms with van der Waals surface area (Å²) in [6, 6.07) is 7.26. The molecule has 2 aromatic rings. The predicted octanol–water partition coefficient (Wildman–Crippen LogP) is 3.24. The van der Waals surface area contributed by atoms with Gasteiger partial charge in [-0.2, -0.15) is 11.3 Å². The van der Waals surface area contributed by atoms with Crippen LogP contribution in [-0.4, -0.2) is 13.1 Å². The van der Waals surface area contributed by atoms with Crippen LogP contribution in [0, 0.1) is 0 Å². The van der Waals surface area contributed by atoms with E-state index < -0.39 is 0 Å². The fourth-order valence-corrected chi connectivity index (χ4v) is 2.74. The molecule has 3 nitrogen and oxygen atoms in total. The lowest BCUT2D eigenvalue weighted by Gasteiger charge is -2.11. The molecular formula is C13H12ClNO2S. The van der Waals surface area contributed by atoms with Crippen LogP contribution in [0.4, 0.5) is 0 Å². The number of hydrogen-bond donors (Lipinski definition) is 1. The van der Waals surface area contributed by atoms with Gasteiger partial charge < -0.3 is 10.5 Å². The number of ether oxygens (including phenoxy) is 1. The van der Waals surface area contributed by atoms with Crippen LogP contribution in [0.15, 0.2) is 35.0 Å². The molecule has 1 heterocycles. The minimum atomic E-state index is -0.313. The van der Waals surface area contributed by atoms with Gasteiger partial charge in [-0.05, 0) is 39.6 Å². The lowest BCUT2D eigenvalue weighted by atomic mass is 10.0. The minimum absolute atomic E-state index is 0.181. The average Bonchev–Trinajstić information content (AvgIpc) is 2.86. The Morgan fingerprint density at radius 2 is 2.06 bits per heavy atom. The van der Waals surface area contributed by atoms with E-state index >= 15 is 0 Å². The van der Waals surface area contributed by atoms with E-state index in [1.165, 1.54) is 0 Å². The van der Waals surface area contributed by atoms with Crippen molar-refractivity contribution in [1.82, 2.24) is 0 Å². The number of carbonyl (C=O) groups is 1. The Labute approximate surface area is 114 Å². The number of rotatable bonds is 5. The molecule has 2 rings (SSSR count). The van der Waals surface area contributed by atoms with E-state index in [0.29, 0.717) is 11.5 Å². The molecular weight excluding hydrogens is 270 g/mol. The van der Waals surface area contributed by atoms with E-state index in [0.717, 1.165) is 16.7 Å². The van der Waals surface area contributed by atoms with Gasteiger partial charge in [0.15, 0.2) is 0 Å². The van der Waals surface area contributed by atoms with Crippen LogP contribution in [0.2, 0.25) is 5.02 Å². The zero-order valence-corrected chi connectivity index (χ0v) is 11.1. The Balaban J connectivity index is 2.26. The summed E-state index contributed by atoms with van der Waals surface area (Å²) in [5, 5.41) is 4.70. The number of benzene rings is 1. The smallest absolute Gasteiger partial charge is 0.293 e. The number of nitrogens with two attached hydrogens (primary N) is 1. The first-order valence-electron chi connectivity index (χ1n) is 5.35. The van der Waals surface area contributed by atoms with Gasteiger partial charge in [-0.3, -0.25) is 4.79 Å². The van der Waals surface area contributed by atoms with Crippen LogP contribution in [-0.2, 0) is 9.53 Å². The topological polar surface area (TPSA) is 52.3 Å². The third kappa shape index (κ3) is 2.90. The molecule has 0 saturated carbocycles. The number of hydrogen-bond acceptors (Lipinski definition) is 4. The Morgan fingerprint density at radius 3 is 2.72 bits per heavy atom. The molecule has 18 heavy (non-hydrogen) atoms. The third-order valence-electron chi connectivity index (χ3n) is 2.59. The Bertz CT molecular complexity index is 524. The second kappa shape index (κ2) is 6.00. The minimum Gasteiger partial charge on any atom is -0.466 e. The lowest BCUT2D eigenvalue weighted by molar-refractivity contribution is -0.129. The highest BCUT2D eigenvalue weighted by atomic mass is 35.5. The maximum Gasteiger partial charge on any atom is 0.293 e. The molecule has 0 aliphatic rings. The molecule has 0 spiro atoms. The van der Waals surface area contributed by atoms with Gasteiger partial charge in [0.25, 0.3) is 6.47 Å². The summed E-state index contributed by atoms with van der Waals surface area (Å²) in [6.07, 6.45) is 0. The summed E-state index contributed by atoms with van der Waals surface area (Å²) in [5.41, 5.74) is 9.07. The first-order chi connectivity index (χ1) is 8.72. The fourth-order valence-electron chi connectivity index (χ4n) is 1.69. The summed E-state index contributed by atoms with van der Waals surface area (Å²) in [4.78, 5) is 10.2. The third-order valence-corrected chi connectivity index (χ3v) is 3.60. The Morgan fingerprint density at radius 1 is 1.33 bits per heavy atom. The predicted molar refractivity (Wildman–Crippen MR) is 73.7 cm³/mol. The summed E-state index contributed by atoms with van der Waals surface area (Å²) in [6.45, 7) is 0.592. The van der Waals surface area contributed by atoms with Crippen molar-refractivity contribution >= 4 is 29.4 Å². The highest BCUT2D eigenvalue weighted by Gasteiger charge is 2.14. The molecule has 0 radical (unpaired) electrons. The van der Waals surface area contributed by atoms with E-state index in [9.17, 15) is 4.79 Å². The SMILES string of the molecule is NC(COC=O)c1cscc1-c1ccc(Cl)cc1. The molecule has 0 bridgehead atoms. The van der Waals surface area contributed by atoms with Crippen LogP contribution < -0.4 is 5.73 Å². The second-order valence-electron chi connectivity index (χ2n) is 3.78. The molecule has 0 aliphatic carbocycles. The molecule has 1 aromatic heterocycles. The highest BCUT2D eigenvalue weighted by Crippen LogP contribution is 2.31. The van der Waals surface area contributed by atoms with E-state index in [1.807, 2.05) is 35.0 Å². The zero-order chi connectivity index (χ0) is 13.0. The Hall–Kier alpha value is -1.36. The molecule has 1 aromatic carbocycles. The number of carbonyl (C=O) groups excluding carboxylic acids is 1. The van der Waals surface area contributed by atoms with Gasteiger partial charge in [0.1, 0.15) is 6.61 Å². The van der Waals surface area contributed by atoms with Crippen LogP contribution in [0.25, 0.3) is 11.1 Å². The van der Waals surface area contributed by atoms with E-state index in [1.54, 1.807) is 11.3 Å². The van der Waals surface area contributed by atoms with Gasteiger partial charge in [-0.1, -0.05) is 23.7 Å². The summed E-state index contributed by atoms with van der Waals surface area (Å²) >= 11 is 7.43. The Kier molecular flexibility index (Phi) is 4.36. The van der Waals surface area contributed by atoms with Crippen LogP contribution in [0.5, 0.6) is 0 Å². The highest BCUT2D eigenvalue weighted by molar-refractivity contribution is 7.08. The van der Waals surface area contributed by atoms with Crippen LogP contribution in [0.1, 0.15) is 11.6 Å². The van der Waals surface area contributed by atoms with Gasteiger partial charge in [0.2, 0.25) is 0 Å². The van der Waals surface area contributed by atoms with Crippen molar-refractivity contribution in [1.29, 1.82) is 0 Å². The first-order valence-corrected chi connectivity index (χ1v) is 6.67. The average molecular weight is 282 g/mol. The fraction of sp³-hybridized carbons (Fsp3) is 0.154. The molecule has 1 atom stereocenters. The summed E-state index contributed by atoms with van der Waals surface area (Å²) in [5.74, 6) is 0. The van der Waals surface area contributed by atoms with Crippen LogP contribution >= 0.6 is 22.9 Å². The quantitative estimate of drug-likeness (QED) is 0.856. The van der Waals surface area contributed by atoms with Crippen molar-refractivity contribution in [3.63, 3.8) is 0 Å². The number of halogens is 1. The van der Waals surface area contributed by atoms with E-state index in [2.05, 4.69) is 0 Å². The molecule has 0 fully saturated rings. The van der Waals surface area contributed by atoms with Crippen molar-refractivity contribution in [2.45, 2.75) is 6.04 Å². The monoisotopic (exact) mass is 281 g/mol. The largest absolute Gasteiger partial charge is 0.466 e. The maximum absolute atomic E-state index is 10.2. The van der Waals surface area contributed by atoms with Gasteiger partial charge in [-0.15, -0.1) is 0 Å². The summed E-state index contributed by atoms with van der Waals surface area (Å²) in [7, 11) is 0. The molecule has 0 amide bonds. The van der Waals surface area contributed by atoms with Crippen molar-refractivity contribution in [3.8, 4) is 11.1 Å². The first kappa shape index (κ1) is 13.1. The summed E-state index contributed by atoms with van der Waals surface area (Å²) < 4.78 is 4.71. The molecule has 1 unspecified atom stereocenters. The maximum atomic E-state index is 10.2. The molecule has 5 heteroatoms. The van der Waals surface area contributed by atoms with Crippen molar-refractivity contribution < 1.29 is 9.53 Å². The van der Waals surface area contributed by atoms with E-state index in [4.69, 9.17) is 22.1 Å². The van der Waals surface area contributed by atoms with Gasteiger partial charge in [0.05, 0.1) is 6.04 Å². The zero-order valence-electron chi connectivity index (χ0n) is 9.51. The standard InChI is InChI=1S/C13H12ClNO2S/c14-10-3-1-9(2-4-10)11-6-18-7-12(11)13(15)5-17-8-16/h1-4,6-8,13H,5,15H2. The van der Waals surface area contributed by atoms with Gasteiger partial charge in [0, 0.05) is 5.02 Å². The van der Waals surface area contributed by atoms with Crippen molar-refractivity contribution in [3.05, 3.63) is 45.6 Å². The molecule has 0 saturated heterocycles.